The molecule has 0 saturated carbocycles. The fraction of sp³-hybridized carbons (Fsp3) is 0.375. The lowest BCUT2D eigenvalue weighted by Gasteiger charge is -2.18. The molecule has 0 N–H and O–H groups in total. The van der Waals surface area contributed by atoms with Gasteiger partial charge in [0.05, 0.1) is 5.69 Å². The first-order chi connectivity index (χ1) is 10.2. The fourth-order valence-corrected chi connectivity index (χ4v) is 2.48. The topological polar surface area (TPSA) is 49.6 Å². The Kier molecular flexibility index (Phi) is 4.01. The summed E-state index contributed by atoms with van der Waals surface area (Å²) in [5.74, 6) is 0.997. The third-order valence-electron chi connectivity index (χ3n) is 3.82. The van der Waals surface area contributed by atoms with Gasteiger partial charge in [0.15, 0.2) is 5.76 Å². The minimum absolute atomic E-state index is 0.211. The summed E-state index contributed by atoms with van der Waals surface area (Å²) in [4.78, 5) is 15.7. The number of carbonyl (C=O) groups is 1. The Labute approximate surface area is 124 Å². The third kappa shape index (κ3) is 3.31. The van der Waals surface area contributed by atoms with E-state index < -0.39 is 0 Å². The van der Waals surface area contributed by atoms with E-state index in [-0.39, 0.29) is 5.91 Å². The van der Waals surface area contributed by atoms with Gasteiger partial charge in [-0.3, -0.25) is 9.69 Å². The van der Waals surface area contributed by atoms with Crippen molar-refractivity contribution in [1.29, 1.82) is 0 Å². The van der Waals surface area contributed by atoms with Crippen LogP contribution >= 0.6 is 0 Å². The monoisotopic (exact) mass is 285 g/mol. The lowest BCUT2D eigenvalue weighted by Crippen LogP contribution is -2.29. The summed E-state index contributed by atoms with van der Waals surface area (Å²) in [6.45, 7) is 3.13. The first-order valence-corrected chi connectivity index (χ1v) is 7.20. The van der Waals surface area contributed by atoms with Gasteiger partial charge in [0, 0.05) is 51.3 Å². The van der Waals surface area contributed by atoms with Crippen molar-refractivity contribution in [3.8, 4) is 11.3 Å². The highest BCUT2D eigenvalue weighted by Crippen LogP contribution is 2.20. The maximum Gasteiger partial charge on any atom is 0.223 e. The van der Waals surface area contributed by atoms with Crippen LogP contribution in [0.4, 0.5) is 0 Å². The molecule has 1 aliphatic rings. The van der Waals surface area contributed by atoms with Crippen molar-refractivity contribution in [3.05, 3.63) is 42.1 Å². The molecule has 0 bridgehead atoms. The number of hydrogen-bond donors (Lipinski definition) is 0. The Balaban J connectivity index is 1.66. The number of hydrogen-bond acceptors (Lipinski definition) is 4. The second-order valence-corrected chi connectivity index (χ2v) is 5.39. The molecule has 2 heterocycles. The second-order valence-electron chi connectivity index (χ2n) is 5.39. The highest BCUT2D eigenvalue weighted by molar-refractivity contribution is 5.76. The second kappa shape index (κ2) is 6.10. The molecule has 110 valence electrons. The van der Waals surface area contributed by atoms with Gasteiger partial charge in [0.2, 0.25) is 5.91 Å². The van der Waals surface area contributed by atoms with E-state index in [9.17, 15) is 4.79 Å². The number of aromatic nitrogens is 1. The Hall–Kier alpha value is -2.14. The quantitative estimate of drug-likeness (QED) is 0.865. The van der Waals surface area contributed by atoms with Crippen LogP contribution in [0.3, 0.4) is 0 Å². The summed E-state index contributed by atoms with van der Waals surface area (Å²) in [7, 11) is 1.86. The number of nitrogens with zero attached hydrogens (tertiary/aromatic N) is 3. The molecule has 1 aliphatic heterocycles. The molecule has 3 rings (SSSR count). The number of benzene rings is 1. The lowest BCUT2D eigenvalue weighted by molar-refractivity contribution is -0.129. The van der Waals surface area contributed by atoms with E-state index >= 15 is 0 Å². The van der Waals surface area contributed by atoms with Crippen LogP contribution in [0.2, 0.25) is 0 Å². The van der Waals surface area contributed by atoms with Crippen LogP contribution in [0, 0.1) is 0 Å². The number of carbonyl (C=O) groups excluding carboxylic acids is 1. The zero-order valence-electron chi connectivity index (χ0n) is 12.2. The zero-order chi connectivity index (χ0) is 14.7. The maximum absolute atomic E-state index is 11.7. The average molecular weight is 285 g/mol. The molecular weight excluding hydrogens is 266 g/mol. The Morgan fingerprint density at radius 2 is 2.00 bits per heavy atom. The van der Waals surface area contributed by atoms with E-state index in [0.29, 0.717) is 6.42 Å². The zero-order valence-corrected chi connectivity index (χ0v) is 12.2. The number of rotatable bonds is 3. The minimum atomic E-state index is 0.211. The SMILES string of the molecule is CN1CCN(Cc2cc(-c3ccccc3)on2)CCC1=O. The Morgan fingerprint density at radius 1 is 1.19 bits per heavy atom. The summed E-state index contributed by atoms with van der Waals surface area (Å²) in [5, 5.41) is 4.14. The van der Waals surface area contributed by atoms with E-state index in [1.54, 1.807) is 4.90 Å². The normalized spacial score (nSPS) is 17.0. The molecule has 0 spiro atoms. The molecule has 1 saturated heterocycles. The van der Waals surface area contributed by atoms with Crippen molar-refractivity contribution >= 4 is 5.91 Å². The molecule has 5 nitrogen and oxygen atoms in total. The molecule has 1 amide bonds. The van der Waals surface area contributed by atoms with Crippen LogP contribution in [0.15, 0.2) is 40.9 Å². The standard InChI is InChI=1S/C16H19N3O2/c1-18-9-10-19(8-7-16(18)20)12-14-11-15(21-17-14)13-5-3-2-4-6-13/h2-6,11H,7-10,12H2,1H3. The van der Waals surface area contributed by atoms with Crippen LogP contribution in [-0.4, -0.2) is 47.5 Å². The summed E-state index contributed by atoms with van der Waals surface area (Å²) in [5.41, 5.74) is 1.94. The fourth-order valence-electron chi connectivity index (χ4n) is 2.48. The first kappa shape index (κ1) is 13.8. The van der Waals surface area contributed by atoms with Gasteiger partial charge in [0.25, 0.3) is 0 Å². The van der Waals surface area contributed by atoms with Crippen molar-refractivity contribution in [2.45, 2.75) is 13.0 Å². The van der Waals surface area contributed by atoms with Gasteiger partial charge in [-0.25, -0.2) is 0 Å². The molecule has 0 unspecified atom stereocenters. The number of likely N-dealkylation sites (N-methyl/N-ethyl adjacent to an activating group) is 1. The molecule has 21 heavy (non-hydrogen) atoms. The molecule has 5 heteroatoms. The number of amides is 1. The van der Waals surface area contributed by atoms with E-state index in [4.69, 9.17) is 4.52 Å². The molecule has 1 aromatic heterocycles. The predicted molar refractivity (Wildman–Crippen MR) is 79.5 cm³/mol. The van der Waals surface area contributed by atoms with E-state index in [0.717, 1.165) is 43.2 Å². The maximum atomic E-state index is 11.7. The third-order valence-corrected chi connectivity index (χ3v) is 3.82. The average Bonchev–Trinajstić information content (AvgIpc) is 2.92. The molecule has 2 aromatic rings. The van der Waals surface area contributed by atoms with Crippen molar-refractivity contribution in [3.63, 3.8) is 0 Å². The van der Waals surface area contributed by atoms with E-state index in [2.05, 4.69) is 10.1 Å². The van der Waals surface area contributed by atoms with Crippen molar-refractivity contribution < 1.29 is 9.32 Å². The van der Waals surface area contributed by atoms with Gasteiger partial charge >= 0.3 is 0 Å². The lowest BCUT2D eigenvalue weighted by atomic mass is 10.1. The minimum Gasteiger partial charge on any atom is -0.356 e. The van der Waals surface area contributed by atoms with Gasteiger partial charge in [-0.1, -0.05) is 35.5 Å². The van der Waals surface area contributed by atoms with Gasteiger partial charge in [-0.05, 0) is 0 Å². The Bertz CT molecular complexity index is 609. The summed E-state index contributed by atoms with van der Waals surface area (Å²) in [6.07, 6.45) is 0.569. The van der Waals surface area contributed by atoms with Gasteiger partial charge < -0.3 is 9.42 Å². The smallest absolute Gasteiger partial charge is 0.223 e. The molecule has 1 fully saturated rings. The molecule has 1 aromatic carbocycles. The van der Waals surface area contributed by atoms with E-state index in [1.807, 2.05) is 43.4 Å². The van der Waals surface area contributed by atoms with Crippen LogP contribution in [0.1, 0.15) is 12.1 Å². The predicted octanol–water partition coefficient (Wildman–Crippen LogP) is 2.01. The van der Waals surface area contributed by atoms with Gasteiger partial charge in [-0.2, -0.15) is 0 Å². The highest BCUT2D eigenvalue weighted by Gasteiger charge is 2.19. The highest BCUT2D eigenvalue weighted by atomic mass is 16.5. The van der Waals surface area contributed by atoms with E-state index in [1.165, 1.54) is 0 Å². The first-order valence-electron chi connectivity index (χ1n) is 7.20. The van der Waals surface area contributed by atoms with Crippen LogP contribution in [-0.2, 0) is 11.3 Å². The van der Waals surface area contributed by atoms with Crippen LogP contribution in [0.5, 0.6) is 0 Å². The summed E-state index contributed by atoms with van der Waals surface area (Å²) >= 11 is 0. The van der Waals surface area contributed by atoms with Crippen molar-refractivity contribution in [2.24, 2.45) is 0 Å². The van der Waals surface area contributed by atoms with Crippen LogP contribution < -0.4 is 0 Å². The van der Waals surface area contributed by atoms with Gasteiger partial charge in [-0.15, -0.1) is 0 Å². The Morgan fingerprint density at radius 3 is 2.81 bits per heavy atom. The molecule has 0 radical (unpaired) electrons. The molecule has 0 aliphatic carbocycles. The van der Waals surface area contributed by atoms with Crippen molar-refractivity contribution in [2.75, 3.05) is 26.7 Å². The molecule has 0 atom stereocenters. The summed E-state index contributed by atoms with van der Waals surface area (Å²) < 4.78 is 5.41. The van der Waals surface area contributed by atoms with Crippen molar-refractivity contribution in [1.82, 2.24) is 15.0 Å². The molecular formula is C16H19N3O2. The largest absolute Gasteiger partial charge is 0.356 e. The summed E-state index contributed by atoms with van der Waals surface area (Å²) in [6, 6.07) is 11.9. The van der Waals surface area contributed by atoms with Crippen LogP contribution in [0.25, 0.3) is 11.3 Å². The van der Waals surface area contributed by atoms with Gasteiger partial charge in [0.1, 0.15) is 0 Å².